The number of aromatic nitrogens is 1. The van der Waals surface area contributed by atoms with Crippen molar-refractivity contribution in [3.63, 3.8) is 0 Å². The Kier molecular flexibility index (Phi) is 5.04. The third-order valence-electron chi connectivity index (χ3n) is 3.54. The number of benzene rings is 1. The van der Waals surface area contributed by atoms with Gasteiger partial charge in [0.15, 0.2) is 17.6 Å². The lowest BCUT2D eigenvalue weighted by Gasteiger charge is -2.14. The summed E-state index contributed by atoms with van der Waals surface area (Å²) in [6, 6.07) is 8.42. The lowest BCUT2D eigenvalue weighted by atomic mass is 10.2. The van der Waals surface area contributed by atoms with E-state index in [0.29, 0.717) is 11.5 Å². The fourth-order valence-electron chi connectivity index (χ4n) is 2.20. The molecular formula is C17H15ClN2O5. The first kappa shape index (κ1) is 17.0. The van der Waals surface area contributed by atoms with Gasteiger partial charge >= 0.3 is 5.97 Å². The summed E-state index contributed by atoms with van der Waals surface area (Å²) < 4.78 is 15.6. The largest absolute Gasteiger partial charge is 0.454 e. The molecule has 2 aromatic rings. The van der Waals surface area contributed by atoms with Gasteiger partial charge in [-0.15, -0.1) is 0 Å². The normalized spacial score (nSPS) is 13.2. The highest BCUT2D eigenvalue weighted by atomic mass is 35.5. The Bertz CT molecular complexity index is 811. The molecule has 1 atom stereocenters. The van der Waals surface area contributed by atoms with Crippen LogP contribution in [-0.4, -0.2) is 29.8 Å². The highest BCUT2D eigenvalue weighted by molar-refractivity contribution is 6.32. The fourth-order valence-corrected chi connectivity index (χ4v) is 2.40. The molecule has 130 valence electrons. The summed E-state index contributed by atoms with van der Waals surface area (Å²) in [6.45, 7) is 1.94. The number of fused-ring (bicyclic) bond motifs is 1. The van der Waals surface area contributed by atoms with Gasteiger partial charge in [0.25, 0.3) is 5.91 Å². The monoisotopic (exact) mass is 362 g/mol. The molecular weight excluding hydrogens is 348 g/mol. The van der Waals surface area contributed by atoms with Gasteiger partial charge in [0.2, 0.25) is 6.79 Å². The maximum atomic E-state index is 12.1. The van der Waals surface area contributed by atoms with Crippen LogP contribution in [0.4, 0.5) is 0 Å². The SMILES string of the molecule is CC(OC(=O)c1cccnc1Cl)C(=O)NCc1ccc2c(c1)OCO2. The summed E-state index contributed by atoms with van der Waals surface area (Å²) in [5, 5.41) is 2.73. The van der Waals surface area contributed by atoms with Crippen LogP contribution in [-0.2, 0) is 16.1 Å². The van der Waals surface area contributed by atoms with Crippen molar-refractivity contribution in [1.29, 1.82) is 0 Å². The molecule has 1 aliphatic rings. The number of pyridine rings is 1. The van der Waals surface area contributed by atoms with Gasteiger partial charge in [0, 0.05) is 12.7 Å². The number of hydrogen-bond donors (Lipinski definition) is 1. The number of nitrogens with one attached hydrogen (secondary N) is 1. The third-order valence-corrected chi connectivity index (χ3v) is 3.84. The number of esters is 1. The number of ether oxygens (including phenoxy) is 3. The molecule has 7 nitrogen and oxygen atoms in total. The van der Waals surface area contributed by atoms with Crippen LogP contribution >= 0.6 is 11.6 Å². The zero-order valence-electron chi connectivity index (χ0n) is 13.3. The number of nitrogens with zero attached hydrogens (tertiary/aromatic N) is 1. The molecule has 0 saturated heterocycles. The Hall–Kier alpha value is -2.80. The van der Waals surface area contributed by atoms with Crippen LogP contribution in [0.25, 0.3) is 0 Å². The third kappa shape index (κ3) is 4.00. The first-order valence-corrected chi connectivity index (χ1v) is 7.90. The minimum absolute atomic E-state index is 0.0282. The maximum Gasteiger partial charge on any atom is 0.342 e. The van der Waals surface area contributed by atoms with Crippen molar-refractivity contribution in [2.45, 2.75) is 19.6 Å². The van der Waals surface area contributed by atoms with E-state index in [9.17, 15) is 9.59 Å². The summed E-state index contributed by atoms with van der Waals surface area (Å²) in [5.41, 5.74) is 0.950. The summed E-state index contributed by atoms with van der Waals surface area (Å²) in [7, 11) is 0. The van der Waals surface area contributed by atoms with Gasteiger partial charge in [-0.05, 0) is 36.8 Å². The van der Waals surface area contributed by atoms with Gasteiger partial charge in [-0.25, -0.2) is 9.78 Å². The number of hydrogen-bond acceptors (Lipinski definition) is 6. The van der Waals surface area contributed by atoms with Crippen LogP contribution in [0.3, 0.4) is 0 Å². The molecule has 3 rings (SSSR count). The summed E-state index contributed by atoms with van der Waals surface area (Å²) in [6.07, 6.45) is 0.485. The topological polar surface area (TPSA) is 86.8 Å². The Morgan fingerprint density at radius 3 is 2.92 bits per heavy atom. The standard InChI is InChI=1S/C17H15ClN2O5/c1-10(25-17(22)12-3-2-6-19-15(12)18)16(21)20-8-11-4-5-13-14(7-11)24-9-23-13/h2-7,10H,8-9H2,1H3,(H,20,21). The van der Waals surface area contributed by atoms with Crippen LogP contribution in [0.2, 0.25) is 5.15 Å². The van der Waals surface area contributed by atoms with Crippen molar-refractivity contribution < 1.29 is 23.8 Å². The number of carbonyl (C=O) groups excluding carboxylic acids is 2. The van der Waals surface area contributed by atoms with E-state index in [0.717, 1.165) is 5.56 Å². The second kappa shape index (κ2) is 7.40. The minimum atomic E-state index is -0.974. The number of carbonyl (C=O) groups is 2. The van der Waals surface area contributed by atoms with Gasteiger partial charge in [-0.3, -0.25) is 4.79 Å². The van der Waals surface area contributed by atoms with E-state index < -0.39 is 18.0 Å². The Labute approximate surface area is 148 Å². The molecule has 1 aromatic carbocycles. The average Bonchev–Trinajstić information content (AvgIpc) is 3.07. The van der Waals surface area contributed by atoms with Crippen molar-refractivity contribution in [3.8, 4) is 11.5 Å². The van der Waals surface area contributed by atoms with Crippen molar-refractivity contribution in [3.05, 3.63) is 52.8 Å². The number of amides is 1. The molecule has 0 aliphatic carbocycles. The molecule has 1 aromatic heterocycles. The lowest BCUT2D eigenvalue weighted by Crippen LogP contribution is -2.35. The van der Waals surface area contributed by atoms with Crippen molar-refractivity contribution >= 4 is 23.5 Å². The van der Waals surface area contributed by atoms with Gasteiger partial charge in [-0.1, -0.05) is 17.7 Å². The van der Waals surface area contributed by atoms with E-state index in [1.54, 1.807) is 18.2 Å². The van der Waals surface area contributed by atoms with E-state index in [1.165, 1.54) is 19.2 Å². The van der Waals surface area contributed by atoms with Gasteiger partial charge < -0.3 is 19.5 Å². The Morgan fingerprint density at radius 1 is 1.32 bits per heavy atom. The molecule has 8 heteroatoms. The fraction of sp³-hybridized carbons (Fsp3) is 0.235. The molecule has 0 fully saturated rings. The summed E-state index contributed by atoms with van der Waals surface area (Å²) in [4.78, 5) is 27.9. The van der Waals surface area contributed by atoms with Crippen LogP contribution in [0, 0.1) is 0 Å². The second-order valence-corrected chi connectivity index (χ2v) is 5.65. The molecule has 1 aliphatic heterocycles. The molecule has 0 bridgehead atoms. The van der Waals surface area contributed by atoms with E-state index >= 15 is 0 Å². The maximum absolute atomic E-state index is 12.1. The molecule has 1 amide bonds. The van der Waals surface area contributed by atoms with Crippen molar-refractivity contribution in [2.75, 3.05) is 6.79 Å². The predicted octanol–water partition coefficient (Wildman–Crippen LogP) is 2.33. The summed E-state index contributed by atoms with van der Waals surface area (Å²) in [5.74, 6) is 0.179. The quantitative estimate of drug-likeness (QED) is 0.649. The highest BCUT2D eigenvalue weighted by Crippen LogP contribution is 2.32. The number of rotatable bonds is 5. The molecule has 1 N–H and O–H groups in total. The van der Waals surface area contributed by atoms with E-state index in [1.807, 2.05) is 6.07 Å². The first-order valence-electron chi connectivity index (χ1n) is 7.52. The zero-order valence-corrected chi connectivity index (χ0v) is 14.1. The molecule has 1 unspecified atom stereocenters. The van der Waals surface area contributed by atoms with E-state index in [2.05, 4.69) is 10.3 Å². The summed E-state index contributed by atoms with van der Waals surface area (Å²) >= 11 is 5.84. The minimum Gasteiger partial charge on any atom is -0.454 e. The van der Waals surface area contributed by atoms with Crippen LogP contribution in [0.1, 0.15) is 22.8 Å². The van der Waals surface area contributed by atoms with Crippen LogP contribution in [0.15, 0.2) is 36.5 Å². The Balaban J connectivity index is 1.54. The molecule has 25 heavy (non-hydrogen) atoms. The molecule has 2 heterocycles. The zero-order chi connectivity index (χ0) is 17.8. The van der Waals surface area contributed by atoms with Crippen LogP contribution in [0.5, 0.6) is 11.5 Å². The molecule has 0 spiro atoms. The smallest absolute Gasteiger partial charge is 0.342 e. The van der Waals surface area contributed by atoms with Gasteiger partial charge in [0.1, 0.15) is 5.15 Å². The predicted molar refractivity (Wildman–Crippen MR) is 88.5 cm³/mol. The second-order valence-electron chi connectivity index (χ2n) is 5.29. The lowest BCUT2D eigenvalue weighted by molar-refractivity contribution is -0.129. The molecule has 0 radical (unpaired) electrons. The van der Waals surface area contributed by atoms with Gasteiger partial charge in [-0.2, -0.15) is 0 Å². The van der Waals surface area contributed by atoms with Crippen molar-refractivity contribution in [1.82, 2.24) is 10.3 Å². The molecule has 0 saturated carbocycles. The van der Waals surface area contributed by atoms with Crippen molar-refractivity contribution in [2.24, 2.45) is 0 Å². The Morgan fingerprint density at radius 2 is 2.12 bits per heavy atom. The van der Waals surface area contributed by atoms with E-state index in [-0.39, 0.29) is 24.1 Å². The van der Waals surface area contributed by atoms with Crippen LogP contribution < -0.4 is 14.8 Å². The average molecular weight is 363 g/mol. The first-order chi connectivity index (χ1) is 12.0. The van der Waals surface area contributed by atoms with Gasteiger partial charge in [0.05, 0.1) is 5.56 Å². The van der Waals surface area contributed by atoms with E-state index in [4.69, 9.17) is 25.8 Å². The number of halogens is 1. The highest BCUT2D eigenvalue weighted by Gasteiger charge is 2.21.